The average molecular weight is 256 g/mol. The van der Waals surface area contributed by atoms with E-state index < -0.39 is 38.3 Å². The smallest absolute Gasteiger partial charge is 0.197 e. The van der Waals surface area contributed by atoms with Gasteiger partial charge in [0.15, 0.2) is 13.5 Å². The number of rotatable bonds is 5. The molecule has 1 aliphatic heterocycles. The minimum Gasteiger partial charge on any atom is -0.372 e. The van der Waals surface area contributed by atoms with Crippen LogP contribution in [0.25, 0.3) is 0 Å². The number of halogens is 1. The first-order valence-electron chi connectivity index (χ1n) is 6.35. The number of hydrogen-bond donors (Lipinski definition) is 1. The summed E-state index contributed by atoms with van der Waals surface area (Å²) in [6, 6.07) is 0. The zero-order valence-corrected chi connectivity index (χ0v) is 10.6. The Kier molecular flexibility index (Phi) is 3.89. The number of hydrogen-bond acceptors (Lipinski definition) is 3. The molecule has 1 aliphatic rings. The molecule has 1 N–H and O–H groups in total. The molecule has 4 nitrogen and oxygen atoms in total. The lowest BCUT2D eigenvalue weighted by atomic mass is 10.1. The first-order chi connectivity index (χ1) is 8.14. The van der Waals surface area contributed by atoms with Gasteiger partial charge in [-0.25, -0.2) is 4.39 Å². The van der Waals surface area contributed by atoms with Crippen LogP contribution in [0.4, 0.5) is 4.39 Å². The van der Waals surface area contributed by atoms with E-state index in [1.807, 2.05) is 0 Å². The second kappa shape index (κ2) is 5.58. The van der Waals surface area contributed by atoms with Gasteiger partial charge in [0, 0.05) is 15.5 Å². The van der Waals surface area contributed by atoms with Gasteiger partial charge >= 0.3 is 0 Å². The molecule has 6 heteroatoms. The molecular formula is C10H20FO4P. The van der Waals surface area contributed by atoms with E-state index in [0.717, 1.165) is 6.66 Å². The molecule has 0 saturated carbocycles. The lowest BCUT2D eigenvalue weighted by molar-refractivity contribution is -0.0527. The molecule has 6 atom stereocenters. The third kappa shape index (κ3) is 4.50. The molecule has 3 unspecified atom stereocenters. The first-order valence-corrected chi connectivity index (χ1v) is 7.37. The van der Waals surface area contributed by atoms with E-state index in [0.29, 0.717) is 0 Å². The van der Waals surface area contributed by atoms with E-state index in [-0.39, 0.29) is 12.7 Å². The van der Waals surface area contributed by atoms with Gasteiger partial charge in [0.05, 0.1) is 18.8 Å². The molecule has 0 spiro atoms. The van der Waals surface area contributed by atoms with E-state index in [1.165, 1.54) is 0 Å². The van der Waals surface area contributed by atoms with E-state index in [9.17, 15) is 13.8 Å². The van der Waals surface area contributed by atoms with Gasteiger partial charge in [0.1, 0.15) is 6.10 Å². The van der Waals surface area contributed by atoms with Crippen LogP contribution in [0.2, 0.25) is 0 Å². The van der Waals surface area contributed by atoms with Crippen molar-refractivity contribution in [2.75, 3.05) is 19.4 Å². The molecule has 0 aromatic rings. The highest BCUT2D eigenvalue weighted by atomic mass is 31.2. The molecule has 16 heavy (non-hydrogen) atoms. The first kappa shape index (κ1) is 11.1. The van der Waals surface area contributed by atoms with Gasteiger partial charge in [-0.3, -0.25) is 4.57 Å². The Bertz CT molecular complexity index is 325. The molecule has 0 aromatic carbocycles. The van der Waals surface area contributed by atoms with Crippen molar-refractivity contribution in [3.63, 3.8) is 0 Å². The highest BCUT2D eigenvalue weighted by molar-refractivity contribution is 7.57. The fraction of sp³-hybridized carbons (Fsp3) is 1.00. The Morgan fingerprint density at radius 3 is 2.88 bits per heavy atom. The summed E-state index contributed by atoms with van der Waals surface area (Å²) < 4.78 is 50.8. The second-order valence-electron chi connectivity index (χ2n) is 4.25. The topological polar surface area (TPSA) is 55.8 Å². The summed E-state index contributed by atoms with van der Waals surface area (Å²) in [5.74, 6) is 0. The fourth-order valence-corrected chi connectivity index (χ4v) is 1.97. The zero-order chi connectivity index (χ0) is 14.1. The normalized spacial score (nSPS) is 40.0. The van der Waals surface area contributed by atoms with Gasteiger partial charge in [-0.1, -0.05) is 0 Å². The average Bonchev–Trinajstić information content (AvgIpc) is 2.56. The second-order valence-corrected chi connectivity index (χ2v) is 6.43. The largest absolute Gasteiger partial charge is 0.372 e. The third-order valence-electron chi connectivity index (χ3n) is 2.11. The van der Waals surface area contributed by atoms with Gasteiger partial charge in [-0.05, 0) is 20.2 Å². The number of ether oxygens (including phenoxy) is 2. The Labute approximate surface area is 98.4 Å². The van der Waals surface area contributed by atoms with Crippen LogP contribution < -0.4 is 0 Å². The highest BCUT2D eigenvalue weighted by Gasteiger charge is 2.39. The molecule has 1 fully saturated rings. The molecule has 0 aliphatic carbocycles. The lowest BCUT2D eigenvalue weighted by Gasteiger charge is -2.22. The van der Waals surface area contributed by atoms with Crippen molar-refractivity contribution < 1.29 is 26.1 Å². The van der Waals surface area contributed by atoms with Gasteiger partial charge in [0.25, 0.3) is 0 Å². The van der Waals surface area contributed by atoms with Crippen LogP contribution in [0, 0.1) is 0 Å². The van der Waals surface area contributed by atoms with Crippen molar-refractivity contribution >= 4 is 7.37 Å². The van der Waals surface area contributed by atoms with E-state index in [4.69, 9.17) is 12.2 Å². The van der Waals surface area contributed by atoms with Crippen LogP contribution in [0.1, 0.15) is 23.0 Å². The van der Waals surface area contributed by atoms with Crippen LogP contribution in [0.5, 0.6) is 0 Å². The monoisotopic (exact) mass is 256 g/mol. The Morgan fingerprint density at radius 2 is 2.38 bits per heavy atom. The summed E-state index contributed by atoms with van der Waals surface area (Å²) in [6.07, 6.45) is -6.37. The minimum atomic E-state index is -3.72. The predicted octanol–water partition coefficient (Wildman–Crippen LogP) is 1.81. The van der Waals surface area contributed by atoms with Crippen molar-refractivity contribution in [2.24, 2.45) is 0 Å². The molecule has 1 heterocycles. The summed E-state index contributed by atoms with van der Waals surface area (Å²) >= 11 is 0. The van der Waals surface area contributed by atoms with Crippen LogP contribution in [-0.2, 0) is 14.0 Å². The summed E-state index contributed by atoms with van der Waals surface area (Å²) in [4.78, 5) is 9.31. The maximum Gasteiger partial charge on any atom is 0.197 e. The summed E-state index contributed by atoms with van der Waals surface area (Å²) in [6.45, 7) is 4.28. The van der Waals surface area contributed by atoms with Gasteiger partial charge in [-0.15, -0.1) is 0 Å². The predicted molar refractivity (Wildman–Crippen MR) is 59.9 cm³/mol. The van der Waals surface area contributed by atoms with Crippen LogP contribution in [0.3, 0.4) is 0 Å². The number of alkyl halides is 1. The fourth-order valence-electron chi connectivity index (χ4n) is 1.49. The lowest BCUT2D eigenvalue weighted by Crippen LogP contribution is -2.33. The molecule has 1 rings (SSSR count). The molecule has 96 valence electrons. The van der Waals surface area contributed by atoms with E-state index in [1.54, 1.807) is 13.8 Å². The molecule has 0 aromatic heterocycles. The SMILES string of the molecule is [2H]C(C([2H])P(C)(=O)O)[C@H]1OC[C@H](F)[C@@H]1OC(C)C. The Morgan fingerprint density at radius 1 is 1.75 bits per heavy atom. The van der Waals surface area contributed by atoms with Crippen molar-refractivity contribution in [3.05, 3.63) is 0 Å². The van der Waals surface area contributed by atoms with Gasteiger partial charge in [0.2, 0.25) is 0 Å². The van der Waals surface area contributed by atoms with Gasteiger partial charge < -0.3 is 14.4 Å². The maximum absolute atomic E-state index is 13.6. The van der Waals surface area contributed by atoms with Gasteiger partial charge in [-0.2, -0.15) is 0 Å². The molecule has 0 amide bonds. The van der Waals surface area contributed by atoms with Crippen molar-refractivity contribution in [3.8, 4) is 0 Å². The summed E-state index contributed by atoms with van der Waals surface area (Å²) in [7, 11) is -3.72. The zero-order valence-electron chi connectivity index (χ0n) is 11.7. The van der Waals surface area contributed by atoms with E-state index >= 15 is 0 Å². The molecule has 0 bridgehead atoms. The standard InChI is InChI=1S/C10H20FO4P/c1-7(2)15-10-8(11)6-14-9(10)4-5-16(3,12)13/h7-10H,4-6H2,1-3H3,(H,12,13)/t8-,9+,10-/m0/s1/i4D,5D/t4?,5?,8-,9+,10-. The Hall–Kier alpha value is 0.0400. The van der Waals surface area contributed by atoms with E-state index in [2.05, 4.69) is 0 Å². The maximum atomic E-state index is 13.6. The summed E-state index contributed by atoms with van der Waals surface area (Å²) in [5, 5.41) is 0. The van der Waals surface area contributed by atoms with Crippen LogP contribution >= 0.6 is 7.37 Å². The van der Waals surface area contributed by atoms with Crippen molar-refractivity contribution in [2.45, 2.75) is 44.7 Å². The molecule has 0 radical (unpaired) electrons. The van der Waals surface area contributed by atoms with Crippen molar-refractivity contribution in [1.82, 2.24) is 0 Å². The van der Waals surface area contributed by atoms with Crippen LogP contribution in [0.15, 0.2) is 0 Å². The van der Waals surface area contributed by atoms with Crippen molar-refractivity contribution in [1.29, 1.82) is 0 Å². The quantitative estimate of drug-likeness (QED) is 0.762. The minimum absolute atomic E-state index is 0.205. The molecular weight excluding hydrogens is 234 g/mol. The Balaban J connectivity index is 2.78. The highest BCUT2D eigenvalue weighted by Crippen LogP contribution is 2.38. The summed E-state index contributed by atoms with van der Waals surface area (Å²) in [5.41, 5.74) is 0. The third-order valence-corrected chi connectivity index (χ3v) is 2.84. The molecule has 1 saturated heterocycles. The van der Waals surface area contributed by atoms with Crippen LogP contribution in [-0.4, -0.2) is 48.8 Å².